The minimum absolute atomic E-state index is 0.173. The molecule has 3 aromatic rings. The first kappa shape index (κ1) is 17.6. The van der Waals surface area contributed by atoms with Gasteiger partial charge in [0, 0.05) is 17.1 Å². The Bertz CT molecular complexity index is 990. The monoisotopic (exact) mass is 352 g/mol. The molecule has 0 aliphatic carbocycles. The number of hydrogen-bond acceptors (Lipinski definition) is 1. The summed E-state index contributed by atoms with van der Waals surface area (Å²) in [6.45, 7) is 1.93. The molecule has 0 saturated carbocycles. The van der Waals surface area contributed by atoms with E-state index in [2.05, 4.69) is 0 Å². The van der Waals surface area contributed by atoms with Crippen LogP contribution in [-0.4, -0.2) is 4.57 Å². The van der Waals surface area contributed by atoms with Crippen LogP contribution in [0.15, 0.2) is 66.7 Å². The topological polar surface area (TPSA) is 28.7 Å². The van der Waals surface area contributed by atoms with Gasteiger partial charge in [0.25, 0.3) is 0 Å². The molecule has 0 atom stereocenters. The molecular weight excluding hydrogens is 337 g/mol. The van der Waals surface area contributed by atoms with Gasteiger partial charge in [-0.15, -0.1) is 0 Å². The first-order valence-corrected chi connectivity index (χ1v) is 7.93. The second kappa shape index (κ2) is 6.93. The van der Waals surface area contributed by atoms with Crippen LogP contribution in [0.3, 0.4) is 0 Å². The average molecular weight is 352 g/mol. The lowest BCUT2D eigenvalue weighted by Gasteiger charge is -2.11. The quantitative estimate of drug-likeness (QED) is 0.542. The Morgan fingerprint density at radius 2 is 1.73 bits per heavy atom. The third kappa shape index (κ3) is 3.55. The summed E-state index contributed by atoms with van der Waals surface area (Å²) in [7, 11) is 0. The van der Waals surface area contributed by atoms with Crippen LogP contribution in [0.4, 0.5) is 13.2 Å². The zero-order chi connectivity index (χ0) is 18.7. The van der Waals surface area contributed by atoms with E-state index in [4.69, 9.17) is 0 Å². The summed E-state index contributed by atoms with van der Waals surface area (Å²) in [4.78, 5) is 0. The Kier molecular flexibility index (Phi) is 4.68. The molecule has 0 spiro atoms. The summed E-state index contributed by atoms with van der Waals surface area (Å²) in [5, 5.41) is 9.49. The molecule has 0 N–H and O–H groups in total. The average Bonchev–Trinajstić information content (AvgIpc) is 3.00. The number of para-hydroxylation sites is 1. The molecule has 5 heteroatoms. The van der Waals surface area contributed by atoms with Crippen molar-refractivity contribution < 1.29 is 13.2 Å². The number of benzene rings is 2. The van der Waals surface area contributed by atoms with Crippen molar-refractivity contribution in [1.29, 1.82) is 5.26 Å². The van der Waals surface area contributed by atoms with Crippen LogP contribution in [0.1, 0.15) is 22.5 Å². The molecule has 3 rings (SSSR count). The molecule has 0 radical (unpaired) electrons. The van der Waals surface area contributed by atoms with Crippen LogP contribution in [0.25, 0.3) is 17.3 Å². The standard InChI is InChI=1S/C21H15F3N2/c1-15-10-11-20(26(15)19-8-3-2-4-9-19)13-17(14-25)16-6-5-7-18(12-16)21(22,23)24/h2-13H,1H3/b17-13-. The molecule has 0 saturated heterocycles. The van der Waals surface area contributed by atoms with Gasteiger partial charge in [0.15, 0.2) is 0 Å². The molecule has 0 unspecified atom stereocenters. The van der Waals surface area contributed by atoms with Crippen molar-refractivity contribution in [2.24, 2.45) is 0 Å². The van der Waals surface area contributed by atoms with E-state index in [1.54, 1.807) is 6.08 Å². The van der Waals surface area contributed by atoms with Crippen molar-refractivity contribution in [3.63, 3.8) is 0 Å². The number of alkyl halides is 3. The molecule has 0 fully saturated rings. The van der Waals surface area contributed by atoms with Gasteiger partial charge in [-0.3, -0.25) is 0 Å². The zero-order valence-electron chi connectivity index (χ0n) is 14.0. The summed E-state index contributed by atoms with van der Waals surface area (Å²) in [5.41, 5.74) is 2.24. The summed E-state index contributed by atoms with van der Waals surface area (Å²) in [6, 6.07) is 20.1. The first-order valence-electron chi connectivity index (χ1n) is 7.93. The number of allylic oxidation sites excluding steroid dienone is 1. The smallest absolute Gasteiger partial charge is 0.314 e. The van der Waals surface area contributed by atoms with Crippen LogP contribution in [-0.2, 0) is 6.18 Å². The molecule has 0 aliphatic heterocycles. The number of halogens is 3. The molecule has 2 nitrogen and oxygen atoms in total. The second-order valence-corrected chi connectivity index (χ2v) is 5.82. The van der Waals surface area contributed by atoms with Gasteiger partial charge in [-0.2, -0.15) is 18.4 Å². The van der Waals surface area contributed by atoms with E-state index in [-0.39, 0.29) is 11.1 Å². The van der Waals surface area contributed by atoms with Gasteiger partial charge < -0.3 is 4.57 Å². The molecule has 1 heterocycles. The van der Waals surface area contributed by atoms with Crippen LogP contribution in [0, 0.1) is 18.3 Å². The van der Waals surface area contributed by atoms with Crippen LogP contribution in [0.5, 0.6) is 0 Å². The predicted octanol–water partition coefficient (Wildman–Crippen LogP) is 5.87. The van der Waals surface area contributed by atoms with Crippen molar-refractivity contribution in [1.82, 2.24) is 4.57 Å². The van der Waals surface area contributed by atoms with Crippen molar-refractivity contribution in [3.8, 4) is 11.8 Å². The maximum atomic E-state index is 12.9. The van der Waals surface area contributed by atoms with Gasteiger partial charge in [-0.1, -0.05) is 30.3 Å². The first-order chi connectivity index (χ1) is 12.4. The fraction of sp³-hybridized carbons (Fsp3) is 0.0952. The third-order valence-electron chi connectivity index (χ3n) is 4.03. The molecule has 0 aliphatic rings. The Labute approximate surface area is 149 Å². The highest BCUT2D eigenvalue weighted by atomic mass is 19.4. The normalized spacial score (nSPS) is 12.0. The van der Waals surface area contributed by atoms with E-state index in [1.165, 1.54) is 12.1 Å². The molecule has 130 valence electrons. The number of rotatable bonds is 3. The van der Waals surface area contributed by atoms with Gasteiger partial charge >= 0.3 is 6.18 Å². The number of aryl methyl sites for hydroxylation is 1. The molecule has 1 aromatic heterocycles. The van der Waals surface area contributed by atoms with Gasteiger partial charge in [0.05, 0.1) is 17.2 Å². The Morgan fingerprint density at radius 3 is 2.38 bits per heavy atom. The van der Waals surface area contributed by atoms with Crippen LogP contribution >= 0.6 is 0 Å². The number of nitriles is 1. The van der Waals surface area contributed by atoms with Crippen molar-refractivity contribution >= 4 is 11.6 Å². The minimum atomic E-state index is -4.45. The van der Waals surface area contributed by atoms with E-state index >= 15 is 0 Å². The Balaban J connectivity index is 2.09. The fourth-order valence-corrected chi connectivity index (χ4v) is 2.79. The van der Waals surface area contributed by atoms with E-state index in [0.29, 0.717) is 0 Å². The van der Waals surface area contributed by atoms with E-state index in [1.807, 2.05) is 60.0 Å². The highest BCUT2D eigenvalue weighted by Gasteiger charge is 2.30. The van der Waals surface area contributed by atoms with Gasteiger partial charge in [-0.25, -0.2) is 0 Å². The molecule has 0 amide bonds. The summed E-state index contributed by atoms with van der Waals surface area (Å²) in [6.07, 6.45) is -2.84. The number of hydrogen-bond donors (Lipinski definition) is 0. The van der Waals surface area contributed by atoms with Gasteiger partial charge in [-0.05, 0) is 55.0 Å². The second-order valence-electron chi connectivity index (χ2n) is 5.82. The molecule has 2 aromatic carbocycles. The Hall–Kier alpha value is -3.26. The van der Waals surface area contributed by atoms with Crippen molar-refractivity contribution in [2.75, 3.05) is 0 Å². The number of aromatic nitrogens is 1. The predicted molar refractivity (Wildman–Crippen MR) is 95.4 cm³/mol. The lowest BCUT2D eigenvalue weighted by Crippen LogP contribution is -2.05. The third-order valence-corrected chi connectivity index (χ3v) is 4.03. The molecular formula is C21H15F3N2. The SMILES string of the molecule is Cc1ccc(/C=C(/C#N)c2cccc(C(F)(F)F)c2)n1-c1ccccc1. The minimum Gasteiger partial charge on any atom is -0.314 e. The summed E-state index contributed by atoms with van der Waals surface area (Å²) >= 11 is 0. The fourth-order valence-electron chi connectivity index (χ4n) is 2.79. The maximum absolute atomic E-state index is 12.9. The zero-order valence-corrected chi connectivity index (χ0v) is 14.0. The molecule has 26 heavy (non-hydrogen) atoms. The van der Waals surface area contributed by atoms with E-state index < -0.39 is 11.7 Å². The maximum Gasteiger partial charge on any atom is 0.416 e. The highest BCUT2D eigenvalue weighted by molar-refractivity contribution is 5.89. The van der Waals surface area contributed by atoms with Gasteiger partial charge in [0.1, 0.15) is 0 Å². The van der Waals surface area contributed by atoms with Crippen LogP contribution in [0.2, 0.25) is 0 Å². The van der Waals surface area contributed by atoms with Crippen LogP contribution < -0.4 is 0 Å². The largest absolute Gasteiger partial charge is 0.416 e. The summed E-state index contributed by atoms with van der Waals surface area (Å²) in [5.74, 6) is 0. The van der Waals surface area contributed by atoms with E-state index in [0.717, 1.165) is 29.2 Å². The number of nitrogens with zero attached hydrogens (tertiary/aromatic N) is 2. The van der Waals surface area contributed by atoms with Gasteiger partial charge in [0.2, 0.25) is 0 Å². The summed E-state index contributed by atoms with van der Waals surface area (Å²) < 4.78 is 40.8. The lowest BCUT2D eigenvalue weighted by molar-refractivity contribution is -0.137. The Morgan fingerprint density at radius 1 is 1.00 bits per heavy atom. The van der Waals surface area contributed by atoms with Crippen molar-refractivity contribution in [2.45, 2.75) is 13.1 Å². The van der Waals surface area contributed by atoms with E-state index in [9.17, 15) is 18.4 Å². The van der Waals surface area contributed by atoms with Crippen molar-refractivity contribution in [3.05, 3.63) is 89.2 Å². The highest BCUT2D eigenvalue weighted by Crippen LogP contribution is 2.31. The lowest BCUT2D eigenvalue weighted by atomic mass is 10.0. The molecule has 0 bridgehead atoms.